The largest absolute Gasteiger partial charge is 0.484 e. The van der Waals surface area contributed by atoms with Crippen LogP contribution in [0.25, 0.3) is 0 Å². The van der Waals surface area contributed by atoms with E-state index in [1.807, 2.05) is 18.2 Å². The predicted molar refractivity (Wildman–Crippen MR) is 94.1 cm³/mol. The standard InChI is InChI=1S/C18H21F3N4O/c1-22-17(24-11-9-15-7-4-5-10-23-15)25-12-14-6-2-3-8-16(14)26-13-18(19,20)21/h2-8,10H,9,11-13H2,1H3,(H2,22,24,25). The van der Waals surface area contributed by atoms with Crippen molar-refractivity contribution in [1.29, 1.82) is 0 Å². The van der Waals surface area contributed by atoms with Gasteiger partial charge in [-0.3, -0.25) is 9.98 Å². The van der Waals surface area contributed by atoms with Gasteiger partial charge in [-0.25, -0.2) is 0 Å². The highest BCUT2D eigenvalue weighted by Gasteiger charge is 2.28. The van der Waals surface area contributed by atoms with Crippen molar-refractivity contribution in [2.24, 2.45) is 4.99 Å². The van der Waals surface area contributed by atoms with E-state index in [-0.39, 0.29) is 12.3 Å². The van der Waals surface area contributed by atoms with Gasteiger partial charge in [0.15, 0.2) is 12.6 Å². The number of benzene rings is 1. The molecular weight excluding hydrogens is 345 g/mol. The highest BCUT2D eigenvalue weighted by molar-refractivity contribution is 5.79. The van der Waals surface area contributed by atoms with Crippen molar-refractivity contribution in [3.05, 3.63) is 59.9 Å². The monoisotopic (exact) mass is 366 g/mol. The summed E-state index contributed by atoms with van der Waals surface area (Å²) in [6.45, 7) is -0.402. The second kappa shape index (κ2) is 9.65. The number of nitrogens with one attached hydrogen (secondary N) is 2. The molecule has 5 nitrogen and oxygen atoms in total. The van der Waals surface area contributed by atoms with Gasteiger partial charge >= 0.3 is 6.18 Å². The van der Waals surface area contributed by atoms with Gasteiger partial charge in [-0.2, -0.15) is 13.2 Å². The minimum atomic E-state index is -4.37. The van der Waals surface area contributed by atoms with Gasteiger partial charge in [-0.15, -0.1) is 0 Å². The van der Waals surface area contributed by atoms with Gasteiger partial charge in [-0.05, 0) is 18.2 Å². The molecule has 0 bridgehead atoms. The van der Waals surface area contributed by atoms with Gasteiger partial charge in [0.05, 0.1) is 0 Å². The molecule has 140 valence electrons. The molecule has 1 heterocycles. The zero-order chi connectivity index (χ0) is 18.8. The summed E-state index contributed by atoms with van der Waals surface area (Å²) in [6, 6.07) is 12.3. The second-order valence-electron chi connectivity index (χ2n) is 5.44. The Morgan fingerprint density at radius 3 is 2.58 bits per heavy atom. The summed E-state index contributed by atoms with van der Waals surface area (Å²) >= 11 is 0. The molecule has 0 fully saturated rings. The molecule has 0 radical (unpaired) electrons. The quantitative estimate of drug-likeness (QED) is 0.584. The van der Waals surface area contributed by atoms with Gasteiger partial charge in [0.25, 0.3) is 0 Å². The molecule has 0 aliphatic heterocycles. The first-order chi connectivity index (χ1) is 12.5. The number of alkyl halides is 3. The Labute approximate surface area is 150 Å². The van der Waals surface area contributed by atoms with Gasteiger partial charge in [0.1, 0.15) is 5.75 Å². The number of nitrogens with zero attached hydrogens (tertiary/aromatic N) is 2. The molecule has 2 N–H and O–H groups in total. The summed E-state index contributed by atoms with van der Waals surface area (Å²) in [6.07, 6.45) is -1.91. The lowest BCUT2D eigenvalue weighted by molar-refractivity contribution is -0.153. The molecule has 0 unspecified atom stereocenters. The van der Waals surface area contributed by atoms with Crippen molar-refractivity contribution < 1.29 is 17.9 Å². The fraction of sp³-hybridized carbons (Fsp3) is 0.333. The van der Waals surface area contributed by atoms with Crippen molar-refractivity contribution in [2.75, 3.05) is 20.2 Å². The third kappa shape index (κ3) is 7.00. The van der Waals surface area contributed by atoms with Crippen molar-refractivity contribution in [2.45, 2.75) is 19.1 Å². The average molecular weight is 366 g/mol. The Kier molecular flexibility index (Phi) is 7.25. The minimum Gasteiger partial charge on any atom is -0.484 e. The maximum absolute atomic E-state index is 12.3. The molecule has 0 spiro atoms. The zero-order valence-electron chi connectivity index (χ0n) is 14.4. The van der Waals surface area contributed by atoms with Crippen LogP contribution in [0, 0.1) is 0 Å². The summed E-state index contributed by atoms with van der Waals surface area (Å²) < 4.78 is 41.9. The molecule has 0 amide bonds. The number of halogens is 3. The zero-order valence-corrected chi connectivity index (χ0v) is 14.4. The minimum absolute atomic E-state index is 0.196. The van der Waals surface area contributed by atoms with Gasteiger partial charge in [-0.1, -0.05) is 24.3 Å². The van der Waals surface area contributed by atoms with Crippen LogP contribution in [0.3, 0.4) is 0 Å². The van der Waals surface area contributed by atoms with Crippen LogP contribution in [0.5, 0.6) is 5.75 Å². The average Bonchev–Trinajstić information content (AvgIpc) is 2.63. The third-order valence-electron chi connectivity index (χ3n) is 3.43. The van der Waals surface area contributed by atoms with Crippen molar-refractivity contribution in [3.8, 4) is 5.75 Å². The van der Waals surface area contributed by atoms with E-state index in [0.29, 0.717) is 18.1 Å². The van der Waals surface area contributed by atoms with E-state index in [9.17, 15) is 13.2 Å². The van der Waals surface area contributed by atoms with Crippen LogP contribution in [0.4, 0.5) is 13.2 Å². The number of guanidine groups is 1. The Hall–Kier alpha value is -2.77. The Balaban J connectivity index is 1.84. The van der Waals surface area contributed by atoms with E-state index in [1.165, 1.54) is 6.07 Å². The lowest BCUT2D eigenvalue weighted by Gasteiger charge is -2.15. The summed E-state index contributed by atoms with van der Waals surface area (Å²) in [5.74, 6) is 0.743. The van der Waals surface area contributed by atoms with E-state index in [1.54, 1.807) is 31.4 Å². The maximum atomic E-state index is 12.3. The number of hydrogen-bond acceptors (Lipinski definition) is 3. The first kappa shape index (κ1) is 19.6. The number of ether oxygens (including phenoxy) is 1. The Bertz CT molecular complexity index is 705. The van der Waals surface area contributed by atoms with Crippen LogP contribution in [0.1, 0.15) is 11.3 Å². The van der Waals surface area contributed by atoms with Crippen LogP contribution in [0.2, 0.25) is 0 Å². The number of para-hydroxylation sites is 1. The molecule has 1 aromatic carbocycles. The predicted octanol–water partition coefficient (Wildman–Crippen LogP) is 2.93. The SMILES string of the molecule is CN=C(NCCc1ccccn1)NCc1ccccc1OCC(F)(F)F. The molecule has 8 heteroatoms. The highest BCUT2D eigenvalue weighted by atomic mass is 19.4. The van der Waals surface area contributed by atoms with Crippen molar-refractivity contribution in [1.82, 2.24) is 15.6 Å². The van der Waals surface area contributed by atoms with Crippen LogP contribution in [-0.2, 0) is 13.0 Å². The smallest absolute Gasteiger partial charge is 0.422 e. The third-order valence-corrected chi connectivity index (χ3v) is 3.43. The molecule has 2 aromatic rings. The fourth-order valence-corrected chi connectivity index (χ4v) is 2.20. The first-order valence-corrected chi connectivity index (χ1v) is 8.10. The van der Waals surface area contributed by atoms with Crippen LogP contribution in [0.15, 0.2) is 53.7 Å². The van der Waals surface area contributed by atoms with Gasteiger partial charge < -0.3 is 15.4 Å². The molecule has 0 saturated heterocycles. The normalized spacial score (nSPS) is 11.9. The van der Waals surface area contributed by atoms with Crippen LogP contribution < -0.4 is 15.4 Å². The number of pyridine rings is 1. The first-order valence-electron chi connectivity index (χ1n) is 8.10. The summed E-state index contributed by atoms with van der Waals surface area (Å²) in [4.78, 5) is 8.34. The Morgan fingerprint density at radius 2 is 1.88 bits per heavy atom. The van der Waals surface area contributed by atoms with Crippen LogP contribution in [-0.4, -0.2) is 37.3 Å². The van der Waals surface area contributed by atoms with E-state index < -0.39 is 12.8 Å². The number of aliphatic imine (C=N–C) groups is 1. The maximum Gasteiger partial charge on any atom is 0.422 e. The topological polar surface area (TPSA) is 58.5 Å². The second-order valence-corrected chi connectivity index (χ2v) is 5.44. The molecule has 0 saturated carbocycles. The molecule has 26 heavy (non-hydrogen) atoms. The summed E-state index contributed by atoms with van der Waals surface area (Å²) in [5, 5.41) is 6.21. The number of hydrogen-bond donors (Lipinski definition) is 2. The molecule has 0 atom stereocenters. The summed E-state index contributed by atoms with van der Waals surface area (Å²) in [7, 11) is 1.63. The molecule has 1 aromatic heterocycles. The molecule has 0 aliphatic carbocycles. The van der Waals surface area contributed by atoms with E-state index in [4.69, 9.17) is 4.74 Å². The highest BCUT2D eigenvalue weighted by Crippen LogP contribution is 2.22. The number of aromatic nitrogens is 1. The van der Waals surface area contributed by atoms with E-state index in [0.717, 1.165) is 12.1 Å². The molecule has 0 aliphatic rings. The fourth-order valence-electron chi connectivity index (χ4n) is 2.20. The molecular formula is C18H21F3N4O. The van der Waals surface area contributed by atoms with Crippen molar-refractivity contribution >= 4 is 5.96 Å². The lowest BCUT2D eigenvalue weighted by atomic mass is 10.2. The summed E-state index contributed by atoms with van der Waals surface area (Å²) in [5.41, 5.74) is 1.57. The Morgan fingerprint density at radius 1 is 1.12 bits per heavy atom. The van der Waals surface area contributed by atoms with Gasteiger partial charge in [0.2, 0.25) is 0 Å². The molecule has 2 rings (SSSR count). The van der Waals surface area contributed by atoms with Crippen LogP contribution >= 0.6 is 0 Å². The number of rotatable bonds is 7. The van der Waals surface area contributed by atoms with Crippen molar-refractivity contribution in [3.63, 3.8) is 0 Å². The van der Waals surface area contributed by atoms with Gasteiger partial charge in [0, 0.05) is 44.0 Å². The van der Waals surface area contributed by atoms with E-state index in [2.05, 4.69) is 20.6 Å². The van der Waals surface area contributed by atoms with E-state index >= 15 is 0 Å². The lowest BCUT2D eigenvalue weighted by Crippen LogP contribution is -2.38.